The van der Waals surface area contributed by atoms with Gasteiger partial charge < -0.3 is 15.4 Å². The molecule has 6 nitrogen and oxygen atoms in total. The highest BCUT2D eigenvalue weighted by Gasteiger charge is 2.05. The van der Waals surface area contributed by atoms with E-state index in [1.54, 1.807) is 7.11 Å². The van der Waals surface area contributed by atoms with Gasteiger partial charge in [0.05, 0.1) is 6.10 Å². The van der Waals surface area contributed by atoms with Gasteiger partial charge in [-0.05, 0) is 24.9 Å². The second-order valence-electron chi connectivity index (χ2n) is 3.61. The molecule has 0 saturated heterocycles. The molecule has 1 aromatic heterocycles. The van der Waals surface area contributed by atoms with Crippen LogP contribution in [0.15, 0.2) is 0 Å². The molecule has 0 aliphatic rings. The van der Waals surface area contributed by atoms with E-state index in [4.69, 9.17) is 16.3 Å². The van der Waals surface area contributed by atoms with Gasteiger partial charge in [0.2, 0.25) is 17.2 Å². The van der Waals surface area contributed by atoms with Crippen LogP contribution in [-0.4, -0.2) is 41.3 Å². The van der Waals surface area contributed by atoms with Gasteiger partial charge in [0.25, 0.3) is 0 Å². The van der Waals surface area contributed by atoms with Crippen LogP contribution in [0.3, 0.4) is 0 Å². The lowest BCUT2D eigenvalue weighted by Crippen LogP contribution is -2.20. The Kier molecular flexibility index (Phi) is 5.93. The van der Waals surface area contributed by atoms with Gasteiger partial charge in [-0.15, -0.1) is 0 Å². The molecule has 0 fully saturated rings. The number of hydrogen-bond acceptors (Lipinski definition) is 6. The first-order chi connectivity index (χ1) is 8.15. The lowest BCUT2D eigenvalue weighted by atomic mass is 10.4. The van der Waals surface area contributed by atoms with E-state index in [1.165, 1.54) is 0 Å². The Hall–Kier alpha value is -1.14. The minimum absolute atomic E-state index is 0.0811. The van der Waals surface area contributed by atoms with Gasteiger partial charge in [-0.3, -0.25) is 0 Å². The average Bonchev–Trinajstić information content (AvgIpc) is 2.32. The Balaban J connectivity index is 2.61. The molecule has 1 rings (SSSR count). The topological polar surface area (TPSA) is 72.0 Å². The van der Waals surface area contributed by atoms with E-state index in [2.05, 4.69) is 32.5 Å². The molecule has 96 valence electrons. The third kappa shape index (κ3) is 5.14. The van der Waals surface area contributed by atoms with Crippen molar-refractivity contribution in [3.05, 3.63) is 5.28 Å². The monoisotopic (exact) mass is 259 g/mol. The predicted octanol–water partition coefficient (Wildman–Crippen LogP) is 1.79. The summed E-state index contributed by atoms with van der Waals surface area (Å²) in [7, 11) is 1.65. The van der Waals surface area contributed by atoms with Crippen molar-refractivity contribution >= 4 is 23.5 Å². The van der Waals surface area contributed by atoms with E-state index in [0.29, 0.717) is 18.4 Å². The third-order valence-corrected chi connectivity index (χ3v) is 2.26. The SMILES string of the molecule is CCCNc1nc(Cl)nc(NCC(C)OC)n1. The van der Waals surface area contributed by atoms with Gasteiger partial charge in [0, 0.05) is 20.2 Å². The minimum atomic E-state index is 0.0811. The lowest BCUT2D eigenvalue weighted by molar-refractivity contribution is 0.128. The fourth-order valence-corrected chi connectivity index (χ4v) is 1.22. The van der Waals surface area contributed by atoms with E-state index in [-0.39, 0.29) is 11.4 Å². The summed E-state index contributed by atoms with van der Waals surface area (Å²) in [6.07, 6.45) is 1.07. The molecule has 0 aliphatic carbocycles. The molecule has 0 bridgehead atoms. The van der Waals surface area contributed by atoms with Crippen LogP contribution in [0.5, 0.6) is 0 Å². The molecule has 0 spiro atoms. The van der Waals surface area contributed by atoms with Crippen molar-refractivity contribution in [1.29, 1.82) is 0 Å². The Morgan fingerprint density at radius 1 is 1.24 bits per heavy atom. The number of nitrogens with zero attached hydrogens (tertiary/aromatic N) is 3. The van der Waals surface area contributed by atoms with E-state index in [0.717, 1.165) is 13.0 Å². The van der Waals surface area contributed by atoms with Gasteiger partial charge in [-0.1, -0.05) is 6.92 Å². The van der Waals surface area contributed by atoms with Crippen LogP contribution in [0.1, 0.15) is 20.3 Å². The normalized spacial score (nSPS) is 12.2. The van der Waals surface area contributed by atoms with E-state index >= 15 is 0 Å². The fraction of sp³-hybridized carbons (Fsp3) is 0.700. The van der Waals surface area contributed by atoms with Crippen LogP contribution in [0.2, 0.25) is 5.28 Å². The number of aromatic nitrogens is 3. The summed E-state index contributed by atoms with van der Waals surface area (Å²) < 4.78 is 5.11. The summed E-state index contributed by atoms with van der Waals surface area (Å²) in [4.78, 5) is 12.2. The van der Waals surface area contributed by atoms with Gasteiger partial charge >= 0.3 is 0 Å². The lowest BCUT2D eigenvalue weighted by Gasteiger charge is -2.11. The van der Waals surface area contributed by atoms with Gasteiger partial charge in [-0.25, -0.2) is 0 Å². The number of rotatable bonds is 7. The zero-order chi connectivity index (χ0) is 12.7. The van der Waals surface area contributed by atoms with Crippen molar-refractivity contribution < 1.29 is 4.74 Å². The number of ether oxygens (including phenoxy) is 1. The molecule has 0 radical (unpaired) electrons. The first-order valence-corrected chi connectivity index (χ1v) is 5.95. The standard InChI is InChI=1S/C10H18ClN5O/c1-4-5-12-9-14-8(11)15-10(16-9)13-6-7(2)17-3/h7H,4-6H2,1-3H3,(H2,12,13,14,15,16). The molecule has 7 heteroatoms. The minimum Gasteiger partial charge on any atom is -0.380 e. The molecular formula is C10H18ClN5O. The zero-order valence-electron chi connectivity index (χ0n) is 10.3. The maximum absolute atomic E-state index is 5.80. The highest BCUT2D eigenvalue weighted by molar-refractivity contribution is 6.28. The maximum Gasteiger partial charge on any atom is 0.228 e. The van der Waals surface area contributed by atoms with E-state index in [9.17, 15) is 0 Å². The quantitative estimate of drug-likeness (QED) is 0.778. The third-order valence-electron chi connectivity index (χ3n) is 2.09. The molecule has 1 heterocycles. The van der Waals surface area contributed by atoms with Crippen molar-refractivity contribution in [2.24, 2.45) is 0 Å². The predicted molar refractivity (Wildman–Crippen MR) is 68.6 cm³/mol. The number of methoxy groups -OCH3 is 1. The Morgan fingerprint density at radius 2 is 1.88 bits per heavy atom. The van der Waals surface area contributed by atoms with Crippen molar-refractivity contribution in [3.8, 4) is 0 Å². The van der Waals surface area contributed by atoms with Crippen molar-refractivity contribution in [2.75, 3.05) is 30.8 Å². The maximum atomic E-state index is 5.80. The highest BCUT2D eigenvalue weighted by Crippen LogP contribution is 2.09. The van der Waals surface area contributed by atoms with Gasteiger partial charge in [-0.2, -0.15) is 15.0 Å². The molecule has 0 amide bonds. The van der Waals surface area contributed by atoms with Crippen molar-refractivity contribution in [1.82, 2.24) is 15.0 Å². The number of halogens is 1. The molecule has 2 N–H and O–H groups in total. The van der Waals surface area contributed by atoms with Crippen LogP contribution < -0.4 is 10.6 Å². The number of anilines is 2. The summed E-state index contributed by atoms with van der Waals surface area (Å²) in [5.41, 5.74) is 0. The number of hydrogen-bond donors (Lipinski definition) is 2. The molecule has 0 aromatic carbocycles. The van der Waals surface area contributed by atoms with E-state index in [1.807, 2.05) is 6.92 Å². The van der Waals surface area contributed by atoms with Crippen LogP contribution in [0.4, 0.5) is 11.9 Å². The summed E-state index contributed by atoms with van der Waals surface area (Å²) in [5.74, 6) is 0.937. The number of nitrogens with one attached hydrogen (secondary N) is 2. The first kappa shape index (κ1) is 13.9. The van der Waals surface area contributed by atoms with Crippen LogP contribution in [-0.2, 0) is 4.74 Å². The first-order valence-electron chi connectivity index (χ1n) is 5.57. The second-order valence-corrected chi connectivity index (χ2v) is 3.94. The molecule has 1 atom stereocenters. The Morgan fingerprint density at radius 3 is 2.47 bits per heavy atom. The summed E-state index contributed by atoms with van der Waals surface area (Å²) in [6.45, 7) is 5.43. The van der Waals surface area contributed by atoms with Gasteiger partial charge in [0.1, 0.15) is 0 Å². The van der Waals surface area contributed by atoms with Crippen LogP contribution in [0.25, 0.3) is 0 Å². The Bertz CT molecular complexity index is 349. The largest absolute Gasteiger partial charge is 0.380 e. The molecule has 0 saturated carbocycles. The second kappa shape index (κ2) is 7.24. The average molecular weight is 260 g/mol. The van der Waals surface area contributed by atoms with Gasteiger partial charge in [0.15, 0.2) is 0 Å². The molecule has 1 unspecified atom stereocenters. The summed E-state index contributed by atoms with van der Waals surface area (Å²) in [5, 5.41) is 6.27. The van der Waals surface area contributed by atoms with Crippen LogP contribution in [0, 0.1) is 0 Å². The van der Waals surface area contributed by atoms with E-state index < -0.39 is 0 Å². The van der Waals surface area contributed by atoms with Crippen molar-refractivity contribution in [2.45, 2.75) is 26.4 Å². The summed E-state index contributed by atoms with van der Waals surface area (Å²) >= 11 is 5.80. The molecular weight excluding hydrogens is 242 g/mol. The summed E-state index contributed by atoms with van der Waals surface area (Å²) in [6, 6.07) is 0. The highest BCUT2D eigenvalue weighted by atomic mass is 35.5. The zero-order valence-corrected chi connectivity index (χ0v) is 11.1. The molecule has 0 aliphatic heterocycles. The Labute approximate surface area is 106 Å². The fourth-order valence-electron chi connectivity index (χ4n) is 1.06. The van der Waals surface area contributed by atoms with Crippen LogP contribution >= 0.6 is 11.6 Å². The van der Waals surface area contributed by atoms with Crippen molar-refractivity contribution in [3.63, 3.8) is 0 Å². The molecule has 1 aromatic rings. The smallest absolute Gasteiger partial charge is 0.228 e. The molecule has 17 heavy (non-hydrogen) atoms.